The van der Waals surface area contributed by atoms with Crippen molar-refractivity contribution in [3.63, 3.8) is 0 Å². The molecular formula is C19H19ClS. The number of thiophene rings is 1. The van der Waals surface area contributed by atoms with Crippen LogP contribution in [0.3, 0.4) is 0 Å². The summed E-state index contributed by atoms with van der Waals surface area (Å²) in [5.41, 5.74) is 1.37. The predicted octanol–water partition coefficient (Wildman–Crippen LogP) is 6.07. The van der Waals surface area contributed by atoms with Gasteiger partial charge in [-0.2, -0.15) is 0 Å². The Morgan fingerprint density at radius 2 is 1.81 bits per heavy atom. The lowest BCUT2D eigenvalue weighted by atomic mass is 9.99. The van der Waals surface area contributed by atoms with Crippen molar-refractivity contribution >= 4 is 33.7 Å². The number of fused-ring (bicyclic) bond motifs is 1. The summed E-state index contributed by atoms with van der Waals surface area (Å²) >= 11 is 8.40. The number of hydrogen-bond donors (Lipinski definition) is 0. The van der Waals surface area contributed by atoms with Crippen molar-refractivity contribution in [2.75, 3.05) is 0 Å². The largest absolute Gasteiger partial charge is 0.149 e. The second-order valence-electron chi connectivity index (χ2n) is 5.41. The molecule has 108 valence electrons. The van der Waals surface area contributed by atoms with Crippen LogP contribution in [0.25, 0.3) is 10.8 Å². The molecule has 3 rings (SSSR count). The topological polar surface area (TPSA) is 0 Å². The Bertz CT molecular complexity index is 682. The lowest BCUT2D eigenvalue weighted by Gasteiger charge is -2.11. The van der Waals surface area contributed by atoms with Gasteiger partial charge in [-0.05, 0) is 53.5 Å². The van der Waals surface area contributed by atoms with Gasteiger partial charge in [0.15, 0.2) is 0 Å². The summed E-state index contributed by atoms with van der Waals surface area (Å²) in [5, 5.41) is 5.00. The van der Waals surface area contributed by atoms with Crippen LogP contribution in [0.4, 0.5) is 0 Å². The molecule has 2 aromatic carbocycles. The smallest absolute Gasteiger partial charge is 0.0376 e. The number of halogens is 1. The molecule has 1 unspecified atom stereocenters. The monoisotopic (exact) mass is 314 g/mol. The average Bonchev–Trinajstić information content (AvgIpc) is 3.01. The minimum atomic E-state index is 0.218. The maximum absolute atomic E-state index is 6.56. The Balaban J connectivity index is 1.59. The van der Waals surface area contributed by atoms with Gasteiger partial charge < -0.3 is 0 Å². The van der Waals surface area contributed by atoms with Crippen LogP contribution in [0.15, 0.2) is 60.0 Å². The first-order valence-corrected chi connectivity index (χ1v) is 8.77. The van der Waals surface area contributed by atoms with E-state index in [-0.39, 0.29) is 5.38 Å². The Morgan fingerprint density at radius 1 is 0.952 bits per heavy atom. The number of aryl methyl sites for hydroxylation is 1. The highest BCUT2D eigenvalue weighted by atomic mass is 35.5. The van der Waals surface area contributed by atoms with Crippen molar-refractivity contribution in [2.45, 2.75) is 31.1 Å². The van der Waals surface area contributed by atoms with Crippen molar-refractivity contribution in [1.82, 2.24) is 0 Å². The molecule has 0 saturated heterocycles. The Hall–Kier alpha value is -1.31. The van der Waals surface area contributed by atoms with Gasteiger partial charge in [-0.25, -0.2) is 0 Å². The van der Waals surface area contributed by atoms with Crippen molar-refractivity contribution in [3.05, 3.63) is 70.4 Å². The maximum Gasteiger partial charge on any atom is 0.0376 e. The molecule has 0 fully saturated rings. The number of hydrogen-bond acceptors (Lipinski definition) is 1. The van der Waals surface area contributed by atoms with E-state index >= 15 is 0 Å². The van der Waals surface area contributed by atoms with E-state index in [1.54, 1.807) is 0 Å². The van der Waals surface area contributed by atoms with Crippen LogP contribution in [0.5, 0.6) is 0 Å². The Morgan fingerprint density at radius 3 is 2.67 bits per heavy atom. The normalized spacial score (nSPS) is 12.6. The average molecular weight is 315 g/mol. The van der Waals surface area contributed by atoms with Crippen LogP contribution in [0.2, 0.25) is 0 Å². The molecule has 0 aliphatic carbocycles. The predicted molar refractivity (Wildman–Crippen MR) is 94.6 cm³/mol. The molecule has 0 N–H and O–H groups in total. The van der Waals surface area contributed by atoms with Crippen LogP contribution in [-0.2, 0) is 12.8 Å². The lowest BCUT2D eigenvalue weighted by Crippen LogP contribution is -2.04. The van der Waals surface area contributed by atoms with Crippen molar-refractivity contribution in [1.29, 1.82) is 0 Å². The van der Waals surface area contributed by atoms with Crippen LogP contribution in [0.1, 0.15) is 23.3 Å². The molecule has 3 aromatic rings. The zero-order valence-corrected chi connectivity index (χ0v) is 13.5. The van der Waals surface area contributed by atoms with Crippen molar-refractivity contribution in [2.24, 2.45) is 0 Å². The molecule has 0 nitrogen and oxygen atoms in total. The fraction of sp³-hybridized carbons (Fsp3) is 0.263. The first-order chi connectivity index (χ1) is 10.3. The maximum atomic E-state index is 6.56. The van der Waals surface area contributed by atoms with Crippen molar-refractivity contribution in [3.8, 4) is 0 Å². The van der Waals surface area contributed by atoms with Gasteiger partial charge in [-0.15, -0.1) is 22.9 Å². The fourth-order valence-electron chi connectivity index (χ4n) is 2.76. The molecule has 21 heavy (non-hydrogen) atoms. The third-order valence-corrected chi connectivity index (χ3v) is 5.15. The summed E-state index contributed by atoms with van der Waals surface area (Å²) < 4.78 is 0. The van der Waals surface area contributed by atoms with E-state index in [1.165, 1.54) is 27.6 Å². The minimum Gasteiger partial charge on any atom is -0.149 e. The lowest BCUT2D eigenvalue weighted by molar-refractivity contribution is 0.691. The molecule has 0 radical (unpaired) electrons. The zero-order chi connectivity index (χ0) is 14.5. The van der Waals surface area contributed by atoms with Gasteiger partial charge in [0, 0.05) is 10.3 Å². The molecule has 0 saturated carbocycles. The van der Waals surface area contributed by atoms with Crippen LogP contribution in [-0.4, -0.2) is 5.38 Å². The molecule has 0 aliphatic heterocycles. The van der Waals surface area contributed by atoms with Gasteiger partial charge in [0.05, 0.1) is 0 Å². The van der Waals surface area contributed by atoms with Crippen LogP contribution >= 0.6 is 22.9 Å². The Labute approximate surface area is 135 Å². The van der Waals surface area contributed by atoms with Gasteiger partial charge in [-0.3, -0.25) is 0 Å². The van der Waals surface area contributed by atoms with E-state index in [9.17, 15) is 0 Å². The second-order valence-corrected chi connectivity index (χ2v) is 7.06. The third kappa shape index (κ3) is 3.87. The molecule has 1 atom stereocenters. The molecular weight excluding hydrogens is 296 g/mol. The second kappa shape index (κ2) is 7.11. The highest BCUT2D eigenvalue weighted by Gasteiger charge is 2.09. The van der Waals surface area contributed by atoms with Gasteiger partial charge >= 0.3 is 0 Å². The Kier molecular flexibility index (Phi) is 4.95. The highest BCUT2D eigenvalue weighted by Crippen LogP contribution is 2.23. The number of alkyl halides is 1. The van der Waals surface area contributed by atoms with Gasteiger partial charge in [0.1, 0.15) is 0 Å². The molecule has 1 heterocycles. The third-order valence-electron chi connectivity index (χ3n) is 3.84. The first-order valence-electron chi connectivity index (χ1n) is 7.46. The number of benzene rings is 2. The van der Waals surface area contributed by atoms with Crippen LogP contribution < -0.4 is 0 Å². The summed E-state index contributed by atoms with van der Waals surface area (Å²) in [4.78, 5) is 1.46. The first kappa shape index (κ1) is 14.6. The molecule has 0 aliphatic rings. The van der Waals surface area contributed by atoms with Crippen LogP contribution in [0, 0.1) is 0 Å². The fourth-order valence-corrected chi connectivity index (χ4v) is 3.84. The van der Waals surface area contributed by atoms with Gasteiger partial charge in [0.25, 0.3) is 0 Å². The molecule has 0 bridgehead atoms. The zero-order valence-electron chi connectivity index (χ0n) is 12.0. The van der Waals surface area contributed by atoms with E-state index in [4.69, 9.17) is 11.6 Å². The quantitative estimate of drug-likeness (QED) is 0.484. The number of rotatable bonds is 6. The molecule has 2 heteroatoms. The molecule has 1 aromatic heterocycles. The van der Waals surface area contributed by atoms with E-state index in [0.29, 0.717) is 0 Å². The SMILES string of the molecule is ClC(CCCc1cccs1)Cc1cccc2ccccc12. The molecule has 0 amide bonds. The summed E-state index contributed by atoms with van der Waals surface area (Å²) in [5.74, 6) is 0. The summed E-state index contributed by atoms with van der Waals surface area (Å²) in [7, 11) is 0. The van der Waals surface area contributed by atoms with Gasteiger partial charge in [0.2, 0.25) is 0 Å². The summed E-state index contributed by atoms with van der Waals surface area (Å²) in [6, 6.07) is 19.4. The highest BCUT2D eigenvalue weighted by molar-refractivity contribution is 7.09. The summed E-state index contributed by atoms with van der Waals surface area (Å²) in [6.45, 7) is 0. The van der Waals surface area contributed by atoms with E-state index in [0.717, 1.165) is 19.3 Å². The minimum absolute atomic E-state index is 0.218. The molecule has 0 spiro atoms. The summed E-state index contributed by atoms with van der Waals surface area (Å²) in [6.07, 6.45) is 4.34. The van der Waals surface area contributed by atoms with Gasteiger partial charge in [-0.1, -0.05) is 48.5 Å². The van der Waals surface area contributed by atoms with E-state index in [2.05, 4.69) is 60.0 Å². The van der Waals surface area contributed by atoms with E-state index < -0.39 is 0 Å². The van der Waals surface area contributed by atoms with Crippen molar-refractivity contribution < 1.29 is 0 Å². The van der Waals surface area contributed by atoms with E-state index in [1.807, 2.05) is 11.3 Å². The standard InChI is InChI=1S/C19H19ClS/c20-17(9-4-10-18-11-5-13-21-18)14-16-8-3-7-15-6-1-2-12-19(15)16/h1-3,5-8,11-13,17H,4,9-10,14H2.